The normalized spacial score (nSPS) is 11.2. The standard InChI is InChI=1S/C17H19ClN2O4/c1-17(2,21)9-10-19-15-11-14(7-8-16(15)20(22)23)24-13-5-3-12(18)4-6-13/h3-8,11,19,21H,9-10H2,1-2H3. The molecule has 24 heavy (non-hydrogen) atoms. The average molecular weight is 351 g/mol. The van der Waals surface area contributed by atoms with E-state index in [1.165, 1.54) is 12.1 Å². The smallest absolute Gasteiger partial charge is 0.292 e. The molecule has 2 rings (SSSR count). The fourth-order valence-electron chi connectivity index (χ4n) is 2.02. The van der Waals surface area contributed by atoms with E-state index in [9.17, 15) is 15.2 Å². The van der Waals surface area contributed by atoms with Crippen LogP contribution in [0.3, 0.4) is 0 Å². The summed E-state index contributed by atoms with van der Waals surface area (Å²) in [6.45, 7) is 3.76. The lowest BCUT2D eigenvalue weighted by molar-refractivity contribution is -0.384. The van der Waals surface area contributed by atoms with Gasteiger partial charge in [-0.3, -0.25) is 10.1 Å². The molecule has 0 aromatic heterocycles. The van der Waals surface area contributed by atoms with Crippen LogP contribution in [-0.4, -0.2) is 22.2 Å². The first kappa shape index (κ1) is 18.0. The summed E-state index contributed by atoms with van der Waals surface area (Å²) in [5, 5.41) is 24.5. The van der Waals surface area contributed by atoms with Crippen LogP contribution >= 0.6 is 11.6 Å². The largest absolute Gasteiger partial charge is 0.457 e. The summed E-state index contributed by atoms with van der Waals surface area (Å²) in [5.41, 5.74) is -0.552. The van der Waals surface area contributed by atoms with Crippen molar-refractivity contribution in [1.82, 2.24) is 0 Å². The second-order valence-electron chi connectivity index (χ2n) is 5.98. The monoisotopic (exact) mass is 350 g/mol. The molecule has 0 saturated carbocycles. The molecule has 0 heterocycles. The van der Waals surface area contributed by atoms with Crippen molar-refractivity contribution in [1.29, 1.82) is 0 Å². The van der Waals surface area contributed by atoms with Crippen LogP contribution < -0.4 is 10.1 Å². The van der Waals surface area contributed by atoms with Crippen LogP contribution in [0.5, 0.6) is 11.5 Å². The summed E-state index contributed by atoms with van der Waals surface area (Å²) in [4.78, 5) is 10.7. The van der Waals surface area contributed by atoms with Crippen LogP contribution in [0.4, 0.5) is 11.4 Å². The van der Waals surface area contributed by atoms with Crippen molar-refractivity contribution >= 4 is 23.0 Å². The topological polar surface area (TPSA) is 84.6 Å². The molecule has 0 amide bonds. The lowest BCUT2D eigenvalue weighted by Crippen LogP contribution is -2.22. The molecule has 0 atom stereocenters. The Labute approximate surface area is 145 Å². The summed E-state index contributed by atoms with van der Waals surface area (Å²) >= 11 is 5.83. The summed E-state index contributed by atoms with van der Waals surface area (Å²) in [5.74, 6) is 1.05. The minimum absolute atomic E-state index is 0.0470. The molecule has 0 spiro atoms. The van der Waals surface area contributed by atoms with Gasteiger partial charge in [0.1, 0.15) is 17.2 Å². The minimum atomic E-state index is -0.848. The van der Waals surface area contributed by atoms with Gasteiger partial charge in [-0.05, 0) is 50.6 Å². The number of nitro groups is 1. The molecule has 0 bridgehead atoms. The first-order valence-electron chi connectivity index (χ1n) is 7.43. The van der Waals surface area contributed by atoms with Crippen molar-refractivity contribution in [2.45, 2.75) is 25.9 Å². The molecule has 6 nitrogen and oxygen atoms in total. The Balaban J connectivity index is 2.17. The third-order valence-corrected chi connectivity index (χ3v) is 3.52. The molecule has 7 heteroatoms. The van der Waals surface area contributed by atoms with E-state index in [1.807, 2.05) is 0 Å². The molecule has 0 unspecified atom stereocenters. The number of nitrogens with zero attached hydrogens (tertiary/aromatic N) is 1. The fourth-order valence-corrected chi connectivity index (χ4v) is 2.15. The number of nitro benzene ring substituents is 1. The molecule has 2 aromatic rings. The van der Waals surface area contributed by atoms with Crippen molar-refractivity contribution in [2.24, 2.45) is 0 Å². The Bertz CT molecular complexity index is 712. The molecule has 0 radical (unpaired) electrons. The number of hydrogen-bond donors (Lipinski definition) is 2. The van der Waals surface area contributed by atoms with Crippen molar-refractivity contribution in [3.63, 3.8) is 0 Å². The van der Waals surface area contributed by atoms with E-state index >= 15 is 0 Å². The number of benzene rings is 2. The predicted octanol–water partition coefficient (Wildman–Crippen LogP) is 4.61. The zero-order chi connectivity index (χ0) is 17.7. The third-order valence-electron chi connectivity index (χ3n) is 3.27. The van der Waals surface area contributed by atoms with Crippen LogP contribution in [-0.2, 0) is 0 Å². The molecular formula is C17H19ClN2O4. The number of anilines is 1. The van der Waals surface area contributed by atoms with E-state index < -0.39 is 10.5 Å². The van der Waals surface area contributed by atoms with Gasteiger partial charge in [-0.25, -0.2) is 0 Å². The highest BCUT2D eigenvalue weighted by atomic mass is 35.5. The summed E-state index contributed by atoms with van der Waals surface area (Å²) < 4.78 is 5.69. The molecule has 2 N–H and O–H groups in total. The molecule has 128 valence electrons. The number of nitrogens with one attached hydrogen (secondary N) is 1. The van der Waals surface area contributed by atoms with Crippen LogP contribution in [0.25, 0.3) is 0 Å². The van der Waals surface area contributed by atoms with E-state index in [1.54, 1.807) is 44.2 Å². The van der Waals surface area contributed by atoms with Crippen LogP contribution in [0, 0.1) is 10.1 Å². The van der Waals surface area contributed by atoms with Gasteiger partial charge in [0, 0.05) is 23.7 Å². The molecule has 0 fully saturated rings. The fraction of sp³-hybridized carbons (Fsp3) is 0.294. The number of hydrogen-bond acceptors (Lipinski definition) is 5. The van der Waals surface area contributed by atoms with E-state index in [4.69, 9.17) is 16.3 Å². The highest BCUT2D eigenvalue weighted by molar-refractivity contribution is 6.30. The quantitative estimate of drug-likeness (QED) is 0.562. The van der Waals surface area contributed by atoms with Crippen molar-refractivity contribution in [3.05, 3.63) is 57.6 Å². The Morgan fingerprint density at radius 3 is 2.42 bits per heavy atom. The SMILES string of the molecule is CC(C)(O)CCNc1cc(Oc2ccc(Cl)cc2)ccc1[N+](=O)[O-]. The van der Waals surface area contributed by atoms with Crippen LogP contribution in [0.15, 0.2) is 42.5 Å². The van der Waals surface area contributed by atoms with Crippen molar-refractivity contribution in [3.8, 4) is 11.5 Å². The lowest BCUT2D eigenvalue weighted by Gasteiger charge is -2.17. The van der Waals surface area contributed by atoms with Gasteiger partial charge in [0.2, 0.25) is 0 Å². The maximum Gasteiger partial charge on any atom is 0.292 e. The molecule has 2 aromatic carbocycles. The molecule has 0 saturated heterocycles. The summed E-state index contributed by atoms with van der Waals surface area (Å²) in [6.07, 6.45) is 0.451. The Morgan fingerprint density at radius 2 is 1.83 bits per heavy atom. The molecule has 0 aliphatic carbocycles. The van der Waals surface area contributed by atoms with Gasteiger partial charge < -0.3 is 15.2 Å². The minimum Gasteiger partial charge on any atom is -0.457 e. The first-order chi connectivity index (χ1) is 11.2. The van der Waals surface area contributed by atoms with E-state index in [2.05, 4.69) is 5.32 Å². The van der Waals surface area contributed by atoms with Gasteiger partial charge in [-0.1, -0.05) is 11.6 Å². The maximum atomic E-state index is 11.1. The highest BCUT2D eigenvalue weighted by Gasteiger charge is 2.17. The van der Waals surface area contributed by atoms with Gasteiger partial charge in [0.05, 0.1) is 10.5 Å². The number of halogens is 1. The van der Waals surface area contributed by atoms with Crippen molar-refractivity contribution < 1.29 is 14.8 Å². The maximum absolute atomic E-state index is 11.1. The Kier molecular flexibility index (Phi) is 5.64. The second-order valence-corrected chi connectivity index (χ2v) is 6.42. The van der Waals surface area contributed by atoms with E-state index in [0.29, 0.717) is 35.2 Å². The Hall–Kier alpha value is -2.31. The lowest BCUT2D eigenvalue weighted by atomic mass is 10.1. The van der Waals surface area contributed by atoms with Gasteiger partial charge in [0.15, 0.2) is 0 Å². The second kappa shape index (κ2) is 7.51. The van der Waals surface area contributed by atoms with Gasteiger partial charge >= 0.3 is 0 Å². The molecule has 0 aliphatic heterocycles. The van der Waals surface area contributed by atoms with Crippen LogP contribution in [0.2, 0.25) is 5.02 Å². The highest BCUT2D eigenvalue weighted by Crippen LogP contribution is 2.32. The summed E-state index contributed by atoms with van der Waals surface area (Å²) in [7, 11) is 0. The first-order valence-corrected chi connectivity index (χ1v) is 7.80. The van der Waals surface area contributed by atoms with Gasteiger partial charge in [-0.15, -0.1) is 0 Å². The zero-order valence-electron chi connectivity index (χ0n) is 13.5. The molecular weight excluding hydrogens is 332 g/mol. The number of aliphatic hydroxyl groups is 1. The van der Waals surface area contributed by atoms with Gasteiger partial charge in [0.25, 0.3) is 5.69 Å². The Morgan fingerprint density at radius 1 is 1.21 bits per heavy atom. The zero-order valence-corrected chi connectivity index (χ0v) is 14.2. The average Bonchev–Trinajstić information content (AvgIpc) is 2.48. The van der Waals surface area contributed by atoms with Gasteiger partial charge in [-0.2, -0.15) is 0 Å². The summed E-state index contributed by atoms with van der Waals surface area (Å²) in [6, 6.07) is 11.3. The number of ether oxygens (including phenoxy) is 1. The van der Waals surface area contributed by atoms with E-state index in [0.717, 1.165) is 0 Å². The predicted molar refractivity (Wildman–Crippen MR) is 94.0 cm³/mol. The molecule has 0 aliphatic rings. The van der Waals surface area contributed by atoms with Crippen LogP contribution in [0.1, 0.15) is 20.3 Å². The van der Waals surface area contributed by atoms with Crippen molar-refractivity contribution in [2.75, 3.05) is 11.9 Å². The number of rotatable bonds is 7. The third kappa shape index (κ3) is 5.40. The van der Waals surface area contributed by atoms with E-state index in [-0.39, 0.29) is 5.69 Å².